The zero-order valence-corrected chi connectivity index (χ0v) is 11.5. The van der Waals surface area contributed by atoms with Crippen LogP contribution in [0.4, 0.5) is 0 Å². The highest BCUT2D eigenvalue weighted by molar-refractivity contribution is 5.50. The second-order valence-corrected chi connectivity index (χ2v) is 4.33. The van der Waals surface area contributed by atoms with Gasteiger partial charge in [-0.3, -0.25) is 0 Å². The van der Waals surface area contributed by atoms with Crippen LogP contribution in [-0.4, -0.2) is 32.9 Å². The lowest BCUT2D eigenvalue weighted by Crippen LogP contribution is -2.18. The number of hydrogen-bond acceptors (Lipinski definition) is 3. The fourth-order valence-corrected chi connectivity index (χ4v) is 1.48. The van der Waals surface area contributed by atoms with E-state index in [0.29, 0.717) is 0 Å². The third kappa shape index (κ3) is 6.42. The summed E-state index contributed by atoms with van der Waals surface area (Å²) in [5, 5.41) is 3.26. The quantitative estimate of drug-likeness (QED) is 0.719. The van der Waals surface area contributed by atoms with Crippen LogP contribution in [0.1, 0.15) is 19.4 Å². The van der Waals surface area contributed by atoms with Crippen LogP contribution in [0.15, 0.2) is 30.3 Å². The molecule has 3 heteroatoms. The highest BCUT2D eigenvalue weighted by Crippen LogP contribution is 2.14. The summed E-state index contributed by atoms with van der Waals surface area (Å²) in [6.07, 6.45) is 4.42. The van der Waals surface area contributed by atoms with Crippen molar-refractivity contribution in [3.63, 3.8) is 0 Å². The van der Waals surface area contributed by atoms with Gasteiger partial charge in [0.1, 0.15) is 5.75 Å². The van der Waals surface area contributed by atoms with Crippen molar-refractivity contribution in [2.24, 2.45) is 0 Å². The van der Waals surface area contributed by atoms with Crippen LogP contribution in [-0.2, 0) is 4.74 Å². The van der Waals surface area contributed by atoms with Crippen molar-refractivity contribution < 1.29 is 9.47 Å². The summed E-state index contributed by atoms with van der Waals surface area (Å²) in [5.74, 6) is 0.917. The van der Waals surface area contributed by atoms with Crippen molar-refractivity contribution in [1.82, 2.24) is 5.32 Å². The lowest BCUT2D eigenvalue weighted by atomic mass is 10.2. The Morgan fingerprint density at radius 2 is 1.94 bits per heavy atom. The molecule has 0 spiro atoms. The summed E-state index contributed by atoms with van der Waals surface area (Å²) in [5.41, 5.74) is 1.18. The average Bonchev–Trinajstić information content (AvgIpc) is 2.35. The third-order valence-electron chi connectivity index (χ3n) is 2.31. The SMILES string of the molecule is COCCNCC=Cc1ccc(OC(C)C)cc1. The Morgan fingerprint density at radius 1 is 1.22 bits per heavy atom. The Kier molecular flexibility index (Phi) is 7.14. The number of hydrogen-bond donors (Lipinski definition) is 1. The van der Waals surface area contributed by atoms with Gasteiger partial charge in [0.15, 0.2) is 0 Å². The van der Waals surface area contributed by atoms with E-state index in [1.807, 2.05) is 26.0 Å². The summed E-state index contributed by atoms with van der Waals surface area (Å²) in [6.45, 7) is 6.53. The minimum Gasteiger partial charge on any atom is -0.491 e. The van der Waals surface area contributed by atoms with E-state index in [0.717, 1.165) is 25.4 Å². The zero-order valence-electron chi connectivity index (χ0n) is 11.5. The molecular formula is C15H23NO2. The normalized spacial score (nSPS) is 11.3. The van der Waals surface area contributed by atoms with Crippen LogP contribution in [0.2, 0.25) is 0 Å². The Balaban J connectivity index is 2.32. The van der Waals surface area contributed by atoms with Gasteiger partial charge in [-0.15, -0.1) is 0 Å². The van der Waals surface area contributed by atoms with Gasteiger partial charge in [-0.05, 0) is 31.5 Å². The maximum atomic E-state index is 5.59. The van der Waals surface area contributed by atoms with E-state index in [1.54, 1.807) is 7.11 Å². The van der Waals surface area contributed by atoms with Gasteiger partial charge in [-0.2, -0.15) is 0 Å². The molecule has 0 heterocycles. The molecule has 1 aromatic carbocycles. The highest BCUT2D eigenvalue weighted by atomic mass is 16.5. The number of ether oxygens (including phenoxy) is 2. The van der Waals surface area contributed by atoms with Crippen molar-refractivity contribution in [3.05, 3.63) is 35.9 Å². The molecule has 0 fully saturated rings. The van der Waals surface area contributed by atoms with Gasteiger partial charge >= 0.3 is 0 Å². The van der Waals surface area contributed by atoms with Crippen molar-refractivity contribution in [1.29, 1.82) is 0 Å². The number of nitrogens with one attached hydrogen (secondary N) is 1. The molecule has 0 aliphatic rings. The van der Waals surface area contributed by atoms with Crippen molar-refractivity contribution in [3.8, 4) is 5.75 Å². The summed E-state index contributed by atoms with van der Waals surface area (Å²) >= 11 is 0. The molecule has 0 aliphatic heterocycles. The van der Waals surface area contributed by atoms with E-state index in [4.69, 9.17) is 9.47 Å². The molecule has 0 atom stereocenters. The first-order chi connectivity index (χ1) is 8.72. The fraction of sp³-hybridized carbons (Fsp3) is 0.467. The predicted molar refractivity (Wildman–Crippen MR) is 76.0 cm³/mol. The highest BCUT2D eigenvalue weighted by Gasteiger charge is 1.96. The van der Waals surface area contributed by atoms with E-state index in [-0.39, 0.29) is 6.10 Å². The first-order valence-electron chi connectivity index (χ1n) is 6.35. The Labute approximate surface area is 110 Å². The van der Waals surface area contributed by atoms with E-state index in [2.05, 4.69) is 29.6 Å². The molecule has 0 saturated carbocycles. The molecule has 0 unspecified atom stereocenters. The fourth-order valence-electron chi connectivity index (χ4n) is 1.48. The minimum atomic E-state index is 0.219. The third-order valence-corrected chi connectivity index (χ3v) is 2.31. The maximum Gasteiger partial charge on any atom is 0.119 e. The molecule has 0 radical (unpaired) electrons. The summed E-state index contributed by atoms with van der Waals surface area (Å²) in [7, 11) is 1.71. The van der Waals surface area contributed by atoms with Gasteiger partial charge in [-0.1, -0.05) is 24.3 Å². The Hall–Kier alpha value is -1.32. The second-order valence-electron chi connectivity index (χ2n) is 4.33. The maximum absolute atomic E-state index is 5.59. The van der Waals surface area contributed by atoms with Crippen LogP contribution >= 0.6 is 0 Å². The minimum absolute atomic E-state index is 0.219. The van der Waals surface area contributed by atoms with Gasteiger partial charge in [0.2, 0.25) is 0 Å². The smallest absolute Gasteiger partial charge is 0.119 e. The number of methoxy groups -OCH3 is 1. The number of rotatable bonds is 8. The molecule has 0 aliphatic carbocycles. The summed E-state index contributed by atoms with van der Waals surface area (Å²) < 4.78 is 10.5. The molecule has 0 saturated heterocycles. The van der Waals surface area contributed by atoms with Crippen LogP contribution in [0.3, 0.4) is 0 Å². The van der Waals surface area contributed by atoms with Crippen LogP contribution < -0.4 is 10.1 Å². The van der Waals surface area contributed by atoms with Crippen LogP contribution in [0, 0.1) is 0 Å². The summed E-state index contributed by atoms with van der Waals surface area (Å²) in [6, 6.07) is 8.11. The monoisotopic (exact) mass is 249 g/mol. The van der Waals surface area contributed by atoms with Crippen molar-refractivity contribution >= 4 is 6.08 Å². The molecule has 0 bridgehead atoms. The van der Waals surface area contributed by atoms with E-state index >= 15 is 0 Å². The number of benzene rings is 1. The largest absolute Gasteiger partial charge is 0.491 e. The standard InChI is InChI=1S/C15H23NO2/c1-13(2)18-15-8-6-14(7-9-15)5-4-10-16-11-12-17-3/h4-9,13,16H,10-12H2,1-3H3. The zero-order chi connectivity index (χ0) is 13.2. The van der Waals surface area contributed by atoms with Gasteiger partial charge in [0, 0.05) is 20.2 Å². The van der Waals surface area contributed by atoms with Gasteiger partial charge in [-0.25, -0.2) is 0 Å². The van der Waals surface area contributed by atoms with E-state index < -0.39 is 0 Å². The lowest BCUT2D eigenvalue weighted by Gasteiger charge is -2.09. The average molecular weight is 249 g/mol. The van der Waals surface area contributed by atoms with Crippen molar-refractivity contribution in [2.75, 3.05) is 26.8 Å². The predicted octanol–water partition coefficient (Wildman–Crippen LogP) is 2.72. The molecule has 18 heavy (non-hydrogen) atoms. The lowest BCUT2D eigenvalue weighted by molar-refractivity contribution is 0.200. The molecule has 1 N–H and O–H groups in total. The van der Waals surface area contributed by atoms with Crippen LogP contribution in [0.5, 0.6) is 5.75 Å². The topological polar surface area (TPSA) is 30.5 Å². The van der Waals surface area contributed by atoms with E-state index in [9.17, 15) is 0 Å². The van der Waals surface area contributed by atoms with Gasteiger partial charge in [0.25, 0.3) is 0 Å². The Bertz CT molecular complexity index is 344. The molecule has 0 aromatic heterocycles. The first-order valence-corrected chi connectivity index (χ1v) is 6.35. The molecule has 100 valence electrons. The first kappa shape index (κ1) is 14.7. The molecule has 3 nitrogen and oxygen atoms in total. The van der Waals surface area contributed by atoms with Gasteiger partial charge < -0.3 is 14.8 Å². The van der Waals surface area contributed by atoms with Gasteiger partial charge in [0.05, 0.1) is 12.7 Å². The van der Waals surface area contributed by atoms with E-state index in [1.165, 1.54) is 5.56 Å². The summed E-state index contributed by atoms with van der Waals surface area (Å²) in [4.78, 5) is 0. The van der Waals surface area contributed by atoms with Crippen molar-refractivity contribution in [2.45, 2.75) is 20.0 Å². The molecule has 0 amide bonds. The van der Waals surface area contributed by atoms with Crippen LogP contribution in [0.25, 0.3) is 6.08 Å². The molecular weight excluding hydrogens is 226 g/mol. The molecule has 1 aromatic rings. The Morgan fingerprint density at radius 3 is 2.56 bits per heavy atom. The second kappa shape index (κ2) is 8.72. The molecule has 1 rings (SSSR count).